The lowest BCUT2D eigenvalue weighted by Crippen LogP contribution is -2.66. The Hall–Kier alpha value is -3.42. The third-order valence-corrected chi connectivity index (χ3v) is 9.47. The van der Waals surface area contributed by atoms with Crippen molar-refractivity contribution in [2.75, 3.05) is 13.1 Å². The average molecular weight is 469 g/mol. The summed E-state index contributed by atoms with van der Waals surface area (Å²) < 4.78 is 1.19. The minimum absolute atomic E-state index is 0.628. The van der Waals surface area contributed by atoms with Crippen LogP contribution in [0.5, 0.6) is 0 Å². The Bertz CT molecular complexity index is 1540. The molecule has 3 heterocycles. The van der Waals surface area contributed by atoms with Crippen LogP contribution in [0.1, 0.15) is 24.0 Å². The normalized spacial score (nSPS) is 25.5. The summed E-state index contributed by atoms with van der Waals surface area (Å²) in [5.74, 6) is 1.41. The van der Waals surface area contributed by atoms with Crippen LogP contribution in [0.15, 0.2) is 110 Å². The molecular formula is C35H34N+. The van der Waals surface area contributed by atoms with E-state index in [-0.39, 0.29) is 0 Å². The number of piperidine rings is 3. The summed E-state index contributed by atoms with van der Waals surface area (Å²) in [4.78, 5) is 0. The van der Waals surface area contributed by atoms with Crippen LogP contribution in [-0.4, -0.2) is 23.6 Å². The van der Waals surface area contributed by atoms with Gasteiger partial charge in [-0.25, -0.2) is 0 Å². The molecule has 3 aliphatic heterocycles. The minimum Gasteiger partial charge on any atom is -0.317 e. The van der Waals surface area contributed by atoms with Gasteiger partial charge < -0.3 is 4.48 Å². The highest BCUT2D eigenvalue weighted by Gasteiger charge is 2.51. The minimum atomic E-state index is 0.628. The molecule has 0 unspecified atom stereocenters. The summed E-state index contributed by atoms with van der Waals surface area (Å²) in [5, 5.41) is 8.37. The van der Waals surface area contributed by atoms with Crippen LogP contribution in [0.2, 0.25) is 0 Å². The number of hydrogen-bond donors (Lipinski definition) is 0. The Kier molecular flexibility index (Phi) is 5.22. The van der Waals surface area contributed by atoms with E-state index in [0.29, 0.717) is 12.0 Å². The predicted octanol–water partition coefficient (Wildman–Crippen LogP) is 8.30. The second-order valence-corrected chi connectivity index (χ2v) is 11.3. The zero-order valence-electron chi connectivity index (χ0n) is 20.9. The highest BCUT2D eigenvalue weighted by Crippen LogP contribution is 2.46. The Labute approximate surface area is 214 Å². The number of benzene rings is 5. The standard InChI is InChI=1S/C35H34N/c1-2-25-23-36(24-35-33-16-7-4-11-28(33)20-29-12-5-8-17-34(29)35)19-18-27(25)21-31(36)22-30-14-9-13-26-10-3-6-15-32(26)30/h2-17,20,25,27,31H,1,18-19,21-24H2/q+1/t25-,27+,31+,36+/m1/s1. The molecule has 0 aliphatic carbocycles. The predicted molar refractivity (Wildman–Crippen MR) is 153 cm³/mol. The number of nitrogens with zero attached hydrogens (tertiary/aromatic N) is 1. The van der Waals surface area contributed by atoms with Gasteiger partial charge in [0, 0.05) is 30.7 Å². The van der Waals surface area contributed by atoms with Crippen LogP contribution in [-0.2, 0) is 13.0 Å². The molecular weight excluding hydrogens is 434 g/mol. The van der Waals surface area contributed by atoms with Crippen molar-refractivity contribution in [2.45, 2.75) is 31.8 Å². The van der Waals surface area contributed by atoms with E-state index in [1.807, 2.05) is 0 Å². The van der Waals surface area contributed by atoms with Crippen molar-refractivity contribution in [3.8, 4) is 0 Å². The number of quaternary nitrogens is 1. The Morgan fingerprint density at radius 1 is 0.750 bits per heavy atom. The van der Waals surface area contributed by atoms with Gasteiger partial charge in [-0.2, -0.15) is 0 Å². The molecule has 1 heteroatoms. The van der Waals surface area contributed by atoms with Gasteiger partial charge in [-0.1, -0.05) is 97.1 Å². The zero-order chi connectivity index (χ0) is 24.1. The van der Waals surface area contributed by atoms with Gasteiger partial charge in [0.2, 0.25) is 0 Å². The lowest BCUT2D eigenvalue weighted by atomic mass is 9.71. The SMILES string of the molecule is C=C[C@@H]1C[N@+]2(Cc3c4ccccc4cc4ccccc34)CC[C@H]1C[C@H]2Cc1cccc2ccccc12. The molecule has 5 aromatic rings. The van der Waals surface area contributed by atoms with Gasteiger partial charge in [0.05, 0.1) is 19.1 Å². The molecule has 1 nitrogen and oxygen atoms in total. The molecule has 4 atom stereocenters. The smallest absolute Gasteiger partial charge is 0.106 e. The molecule has 0 spiro atoms. The van der Waals surface area contributed by atoms with Crippen LogP contribution < -0.4 is 0 Å². The number of rotatable bonds is 5. The molecule has 3 fully saturated rings. The topological polar surface area (TPSA) is 0 Å². The van der Waals surface area contributed by atoms with E-state index in [9.17, 15) is 0 Å². The van der Waals surface area contributed by atoms with Gasteiger partial charge in [0.15, 0.2) is 0 Å². The van der Waals surface area contributed by atoms with Crippen LogP contribution in [0, 0.1) is 11.8 Å². The van der Waals surface area contributed by atoms with Crippen LogP contribution in [0.4, 0.5) is 0 Å². The number of hydrogen-bond acceptors (Lipinski definition) is 0. The van der Waals surface area contributed by atoms with Gasteiger partial charge in [-0.15, -0.1) is 6.58 Å². The van der Waals surface area contributed by atoms with Crippen molar-refractivity contribution in [3.05, 3.63) is 121 Å². The number of fused-ring (bicyclic) bond motifs is 6. The summed E-state index contributed by atoms with van der Waals surface area (Å²) in [6, 6.07) is 36.9. The Balaban J connectivity index is 1.36. The maximum absolute atomic E-state index is 4.28. The molecule has 3 aliphatic rings. The van der Waals surface area contributed by atoms with E-state index < -0.39 is 0 Å². The first-order valence-electron chi connectivity index (χ1n) is 13.6. The Morgan fingerprint density at radius 2 is 1.39 bits per heavy atom. The van der Waals surface area contributed by atoms with E-state index >= 15 is 0 Å². The third-order valence-electron chi connectivity index (χ3n) is 9.47. The van der Waals surface area contributed by atoms with Crippen molar-refractivity contribution < 1.29 is 4.48 Å². The van der Waals surface area contributed by atoms with E-state index in [1.54, 1.807) is 0 Å². The highest BCUT2D eigenvalue weighted by molar-refractivity contribution is 6.02. The fraction of sp³-hybridized carbons (Fsp3) is 0.257. The lowest BCUT2D eigenvalue weighted by molar-refractivity contribution is -0.980. The molecule has 0 aromatic heterocycles. The fourth-order valence-corrected chi connectivity index (χ4v) is 7.63. The van der Waals surface area contributed by atoms with Gasteiger partial charge in [0.25, 0.3) is 0 Å². The molecule has 0 saturated carbocycles. The molecule has 3 saturated heterocycles. The zero-order valence-corrected chi connectivity index (χ0v) is 20.9. The molecule has 36 heavy (non-hydrogen) atoms. The van der Waals surface area contributed by atoms with E-state index in [1.165, 1.54) is 73.9 Å². The van der Waals surface area contributed by atoms with E-state index in [2.05, 4.69) is 110 Å². The van der Waals surface area contributed by atoms with Crippen molar-refractivity contribution in [2.24, 2.45) is 11.8 Å². The average Bonchev–Trinajstić information content (AvgIpc) is 2.93. The van der Waals surface area contributed by atoms with Crippen molar-refractivity contribution in [3.63, 3.8) is 0 Å². The van der Waals surface area contributed by atoms with Crippen LogP contribution in [0.25, 0.3) is 32.3 Å². The van der Waals surface area contributed by atoms with Crippen molar-refractivity contribution in [1.82, 2.24) is 0 Å². The molecule has 2 bridgehead atoms. The van der Waals surface area contributed by atoms with E-state index in [4.69, 9.17) is 0 Å². The molecule has 0 radical (unpaired) electrons. The summed E-state index contributed by atoms with van der Waals surface area (Å²) in [5.41, 5.74) is 3.05. The maximum Gasteiger partial charge on any atom is 0.106 e. The molecule has 8 rings (SSSR count). The largest absolute Gasteiger partial charge is 0.317 e. The van der Waals surface area contributed by atoms with Gasteiger partial charge in [0.1, 0.15) is 6.54 Å². The first-order chi connectivity index (χ1) is 17.7. The summed E-state index contributed by atoms with van der Waals surface area (Å²) in [7, 11) is 0. The molecule has 178 valence electrons. The summed E-state index contributed by atoms with van der Waals surface area (Å²) >= 11 is 0. The van der Waals surface area contributed by atoms with Crippen molar-refractivity contribution in [1.29, 1.82) is 0 Å². The lowest BCUT2D eigenvalue weighted by Gasteiger charge is -2.57. The Morgan fingerprint density at radius 3 is 2.11 bits per heavy atom. The summed E-state index contributed by atoms with van der Waals surface area (Å²) in [6.45, 7) is 7.89. The molecule has 0 amide bonds. The summed E-state index contributed by atoms with van der Waals surface area (Å²) in [6.07, 6.45) is 6.06. The highest BCUT2D eigenvalue weighted by atomic mass is 15.4. The van der Waals surface area contributed by atoms with Gasteiger partial charge >= 0.3 is 0 Å². The second-order valence-electron chi connectivity index (χ2n) is 11.3. The second kappa shape index (κ2) is 8.61. The van der Waals surface area contributed by atoms with Crippen LogP contribution in [0.3, 0.4) is 0 Å². The molecule has 5 aromatic carbocycles. The third kappa shape index (κ3) is 3.49. The monoisotopic (exact) mass is 468 g/mol. The van der Waals surface area contributed by atoms with Gasteiger partial charge in [-0.05, 0) is 49.9 Å². The first kappa shape index (κ1) is 21.8. The van der Waals surface area contributed by atoms with E-state index in [0.717, 1.165) is 18.9 Å². The maximum atomic E-state index is 4.28. The quantitative estimate of drug-likeness (QED) is 0.138. The molecule has 0 N–H and O–H groups in total. The van der Waals surface area contributed by atoms with Crippen molar-refractivity contribution >= 4 is 32.3 Å². The van der Waals surface area contributed by atoms with Crippen LogP contribution >= 0.6 is 0 Å². The fourth-order valence-electron chi connectivity index (χ4n) is 7.63. The first-order valence-corrected chi connectivity index (χ1v) is 13.6. The van der Waals surface area contributed by atoms with Gasteiger partial charge in [-0.3, -0.25) is 0 Å².